The van der Waals surface area contributed by atoms with E-state index in [9.17, 15) is 4.79 Å². The maximum Gasteiger partial charge on any atom is 0.243 e. The molecule has 0 aliphatic rings. The SMILES string of the molecule is CN(C)c1c(Cl)cccc1NC(=O)CNc1ccccc1. The van der Waals surface area contributed by atoms with Gasteiger partial charge in [-0.3, -0.25) is 4.79 Å². The molecule has 0 aromatic heterocycles. The fraction of sp³-hybridized carbons (Fsp3) is 0.188. The Morgan fingerprint density at radius 3 is 2.48 bits per heavy atom. The van der Waals surface area contributed by atoms with Crippen LogP contribution in [0.1, 0.15) is 0 Å². The Kier molecular flexibility index (Phi) is 5.06. The minimum absolute atomic E-state index is 0.121. The van der Waals surface area contributed by atoms with Crippen molar-refractivity contribution in [3.05, 3.63) is 53.6 Å². The van der Waals surface area contributed by atoms with Crippen LogP contribution in [-0.2, 0) is 4.79 Å². The number of hydrogen-bond acceptors (Lipinski definition) is 3. The number of nitrogens with zero attached hydrogens (tertiary/aromatic N) is 1. The molecule has 0 aliphatic heterocycles. The molecule has 4 nitrogen and oxygen atoms in total. The van der Waals surface area contributed by atoms with Crippen LogP contribution in [0.5, 0.6) is 0 Å². The van der Waals surface area contributed by atoms with Gasteiger partial charge in [-0.15, -0.1) is 0 Å². The third-order valence-corrected chi connectivity index (χ3v) is 3.24. The molecule has 5 heteroatoms. The minimum Gasteiger partial charge on any atom is -0.376 e. The molecule has 0 bridgehead atoms. The van der Waals surface area contributed by atoms with Crippen molar-refractivity contribution >= 4 is 34.6 Å². The monoisotopic (exact) mass is 303 g/mol. The zero-order valence-corrected chi connectivity index (χ0v) is 12.8. The number of benzene rings is 2. The maximum absolute atomic E-state index is 12.0. The molecule has 0 fully saturated rings. The second-order valence-electron chi connectivity index (χ2n) is 4.80. The first-order chi connectivity index (χ1) is 10.1. The van der Waals surface area contributed by atoms with Crippen LogP contribution in [0.4, 0.5) is 17.1 Å². The summed E-state index contributed by atoms with van der Waals surface area (Å²) in [6.45, 7) is 0.198. The second-order valence-corrected chi connectivity index (χ2v) is 5.21. The normalized spacial score (nSPS) is 10.0. The van der Waals surface area contributed by atoms with Crippen molar-refractivity contribution in [3.63, 3.8) is 0 Å². The molecule has 0 heterocycles. The van der Waals surface area contributed by atoms with Crippen molar-refractivity contribution in [2.75, 3.05) is 36.2 Å². The van der Waals surface area contributed by atoms with E-state index in [-0.39, 0.29) is 12.5 Å². The highest BCUT2D eigenvalue weighted by Crippen LogP contribution is 2.32. The number of halogens is 1. The Hall–Kier alpha value is -2.20. The van der Waals surface area contributed by atoms with E-state index in [0.29, 0.717) is 10.7 Å². The summed E-state index contributed by atoms with van der Waals surface area (Å²) in [5.41, 5.74) is 2.41. The molecule has 0 spiro atoms. The predicted molar refractivity (Wildman–Crippen MR) is 89.3 cm³/mol. The van der Waals surface area contributed by atoms with Crippen molar-refractivity contribution in [3.8, 4) is 0 Å². The summed E-state index contributed by atoms with van der Waals surface area (Å²) in [4.78, 5) is 13.9. The van der Waals surface area contributed by atoms with Crippen LogP contribution in [0.25, 0.3) is 0 Å². The van der Waals surface area contributed by atoms with E-state index in [2.05, 4.69) is 10.6 Å². The van der Waals surface area contributed by atoms with E-state index in [4.69, 9.17) is 11.6 Å². The largest absolute Gasteiger partial charge is 0.376 e. The van der Waals surface area contributed by atoms with Gasteiger partial charge < -0.3 is 15.5 Å². The van der Waals surface area contributed by atoms with Gasteiger partial charge in [0.25, 0.3) is 0 Å². The van der Waals surface area contributed by atoms with E-state index < -0.39 is 0 Å². The second kappa shape index (κ2) is 6.99. The highest BCUT2D eigenvalue weighted by molar-refractivity contribution is 6.34. The van der Waals surface area contributed by atoms with E-state index in [1.165, 1.54) is 0 Å². The molecule has 0 unspecified atom stereocenters. The van der Waals surface area contributed by atoms with Gasteiger partial charge in [0, 0.05) is 19.8 Å². The lowest BCUT2D eigenvalue weighted by atomic mass is 10.2. The lowest BCUT2D eigenvalue weighted by molar-refractivity contribution is -0.114. The predicted octanol–water partition coefficient (Wildman–Crippen LogP) is 3.46. The molecule has 0 aliphatic carbocycles. The quantitative estimate of drug-likeness (QED) is 0.889. The molecule has 0 atom stereocenters. The average molecular weight is 304 g/mol. The third kappa shape index (κ3) is 4.13. The third-order valence-electron chi connectivity index (χ3n) is 2.93. The molecular formula is C16H18ClN3O. The van der Waals surface area contributed by atoms with Crippen molar-refractivity contribution in [2.24, 2.45) is 0 Å². The van der Waals surface area contributed by atoms with Gasteiger partial charge in [-0.05, 0) is 24.3 Å². The number of hydrogen-bond donors (Lipinski definition) is 2. The lowest BCUT2D eigenvalue weighted by Gasteiger charge is -2.19. The van der Waals surface area contributed by atoms with Crippen LogP contribution in [-0.4, -0.2) is 26.5 Å². The maximum atomic E-state index is 12.0. The topological polar surface area (TPSA) is 44.4 Å². The standard InChI is InChI=1S/C16H18ClN3O/c1-20(2)16-13(17)9-6-10-14(16)19-15(21)11-18-12-7-4-3-5-8-12/h3-10,18H,11H2,1-2H3,(H,19,21). The van der Waals surface area contributed by atoms with Gasteiger partial charge in [-0.1, -0.05) is 35.9 Å². The number of nitrogens with one attached hydrogen (secondary N) is 2. The molecule has 0 saturated carbocycles. The Morgan fingerprint density at radius 2 is 1.81 bits per heavy atom. The van der Waals surface area contributed by atoms with Crippen molar-refractivity contribution in [1.29, 1.82) is 0 Å². The van der Waals surface area contributed by atoms with Gasteiger partial charge in [0.15, 0.2) is 0 Å². The van der Waals surface area contributed by atoms with Gasteiger partial charge in [-0.2, -0.15) is 0 Å². The van der Waals surface area contributed by atoms with Gasteiger partial charge in [-0.25, -0.2) is 0 Å². The van der Waals surface area contributed by atoms with Gasteiger partial charge in [0.05, 0.1) is 22.9 Å². The van der Waals surface area contributed by atoms with Crippen LogP contribution < -0.4 is 15.5 Å². The summed E-state index contributed by atoms with van der Waals surface area (Å²) in [5, 5.41) is 6.55. The molecule has 2 N–H and O–H groups in total. The van der Waals surface area contributed by atoms with Crippen LogP contribution in [0.3, 0.4) is 0 Å². The van der Waals surface area contributed by atoms with Crippen LogP contribution >= 0.6 is 11.6 Å². The summed E-state index contributed by atoms with van der Waals surface area (Å²) >= 11 is 6.17. The number of anilines is 3. The van der Waals surface area contributed by atoms with Crippen LogP contribution in [0.15, 0.2) is 48.5 Å². The van der Waals surface area contributed by atoms with Crippen LogP contribution in [0, 0.1) is 0 Å². The van der Waals surface area contributed by atoms with Crippen molar-refractivity contribution < 1.29 is 4.79 Å². The summed E-state index contributed by atoms with van der Waals surface area (Å²) in [5.74, 6) is -0.121. The molecule has 110 valence electrons. The summed E-state index contributed by atoms with van der Waals surface area (Å²) in [6.07, 6.45) is 0. The smallest absolute Gasteiger partial charge is 0.243 e. The first-order valence-electron chi connectivity index (χ1n) is 6.62. The molecule has 2 rings (SSSR count). The Morgan fingerprint density at radius 1 is 1.10 bits per heavy atom. The number of para-hydroxylation sites is 2. The van der Waals surface area contributed by atoms with Crippen LogP contribution in [0.2, 0.25) is 5.02 Å². The summed E-state index contributed by atoms with van der Waals surface area (Å²) < 4.78 is 0. The first kappa shape index (κ1) is 15.2. The van der Waals surface area contributed by atoms with E-state index in [1.807, 2.05) is 61.5 Å². The lowest BCUT2D eigenvalue weighted by Crippen LogP contribution is -2.23. The molecule has 0 saturated heterocycles. The average Bonchev–Trinajstić information content (AvgIpc) is 2.46. The molecule has 1 amide bonds. The fourth-order valence-electron chi connectivity index (χ4n) is 2.00. The number of carbonyl (C=O) groups excluding carboxylic acids is 1. The van der Waals surface area contributed by atoms with E-state index >= 15 is 0 Å². The Bertz CT molecular complexity index is 614. The number of amides is 1. The van der Waals surface area contributed by atoms with Gasteiger partial charge >= 0.3 is 0 Å². The van der Waals surface area contributed by atoms with Gasteiger partial charge in [0.1, 0.15) is 0 Å². The van der Waals surface area contributed by atoms with Crippen molar-refractivity contribution in [2.45, 2.75) is 0 Å². The molecule has 21 heavy (non-hydrogen) atoms. The van der Waals surface area contributed by atoms with E-state index in [0.717, 1.165) is 11.4 Å². The van der Waals surface area contributed by atoms with Gasteiger partial charge in [0.2, 0.25) is 5.91 Å². The minimum atomic E-state index is -0.121. The van der Waals surface area contributed by atoms with E-state index in [1.54, 1.807) is 6.07 Å². The first-order valence-corrected chi connectivity index (χ1v) is 7.00. The molecule has 2 aromatic rings. The zero-order valence-electron chi connectivity index (χ0n) is 12.1. The number of carbonyl (C=O) groups is 1. The number of rotatable bonds is 5. The van der Waals surface area contributed by atoms with Crippen molar-refractivity contribution in [1.82, 2.24) is 0 Å². The Balaban J connectivity index is 2.02. The summed E-state index contributed by atoms with van der Waals surface area (Å²) in [6, 6.07) is 15.0. The summed E-state index contributed by atoms with van der Waals surface area (Å²) in [7, 11) is 3.78. The molecule has 2 aromatic carbocycles. The highest BCUT2D eigenvalue weighted by atomic mass is 35.5. The molecule has 0 radical (unpaired) electrons. The Labute approximate surface area is 129 Å². The zero-order chi connectivity index (χ0) is 15.2. The molecular weight excluding hydrogens is 286 g/mol. The highest BCUT2D eigenvalue weighted by Gasteiger charge is 2.11. The fourth-order valence-corrected chi connectivity index (χ4v) is 2.35.